The average molecular weight is 289 g/mol. The van der Waals surface area contributed by atoms with Gasteiger partial charge in [-0.05, 0) is 19.2 Å². The van der Waals surface area contributed by atoms with E-state index in [0.717, 1.165) is 17.1 Å². The van der Waals surface area contributed by atoms with Crippen LogP contribution >= 0.6 is 0 Å². The predicted octanol–water partition coefficient (Wildman–Crippen LogP) is 2.42. The molecular weight excluding hydrogens is 270 g/mol. The maximum atomic E-state index is 5.68. The molecule has 1 aromatic carbocycles. The molecule has 0 saturated carbocycles. The van der Waals surface area contributed by atoms with Gasteiger partial charge in [0, 0.05) is 17.5 Å². The predicted molar refractivity (Wildman–Crippen MR) is 76.5 cm³/mol. The number of fused-ring (bicyclic) bond motifs is 1. The van der Waals surface area contributed by atoms with Gasteiger partial charge in [0.1, 0.15) is 18.1 Å². The Morgan fingerprint density at radius 3 is 3.00 bits per heavy atom. The van der Waals surface area contributed by atoms with Crippen molar-refractivity contribution in [3.63, 3.8) is 0 Å². The Labute approximate surface area is 123 Å². The summed E-state index contributed by atoms with van der Waals surface area (Å²) in [6, 6.07) is 6.09. The first-order chi connectivity index (χ1) is 10.2. The van der Waals surface area contributed by atoms with Gasteiger partial charge in [-0.2, -0.15) is 4.98 Å². The van der Waals surface area contributed by atoms with E-state index in [-0.39, 0.29) is 18.6 Å². The van der Waals surface area contributed by atoms with Gasteiger partial charge in [-0.3, -0.25) is 0 Å². The molecule has 0 fully saturated rings. The van der Waals surface area contributed by atoms with Gasteiger partial charge in [0.25, 0.3) is 5.89 Å². The van der Waals surface area contributed by atoms with Crippen LogP contribution in [-0.4, -0.2) is 23.8 Å². The number of likely N-dealkylation sites (N-methyl/N-ethyl adjacent to an activating group) is 1. The van der Waals surface area contributed by atoms with Crippen molar-refractivity contribution in [3.05, 3.63) is 35.5 Å². The number of aromatic nitrogens is 2. The fraction of sp³-hybridized carbons (Fsp3) is 0.467. The summed E-state index contributed by atoms with van der Waals surface area (Å²) in [4.78, 5) is 4.28. The number of rotatable bonds is 5. The fourth-order valence-electron chi connectivity index (χ4n) is 2.23. The number of nitrogens with zero attached hydrogens (tertiary/aromatic N) is 2. The smallest absolute Gasteiger partial charge is 0.264 e. The molecule has 112 valence electrons. The summed E-state index contributed by atoms with van der Waals surface area (Å²) in [6.07, 6.45) is 0. The van der Waals surface area contributed by atoms with Crippen LogP contribution < -0.4 is 14.8 Å². The van der Waals surface area contributed by atoms with Crippen molar-refractivity contribution in [1.29, 1.82) is 0 Å². The van der Waals surface area contributed by atoms with Gasteiger partial charge in [-0.1, -0.05) is 19.0 Å². The molecule has 1 N–H and O–H groups in total. The molecule has 3 rings (SSSR count). The number of benzene rings is 1. The summed E-state index contributed by atoms with van der Waals surface area (Å²) < 4.78 is 16.5. The minimum atomic E-state index is 0.245. The summed E-state index contributed by atoms with van der Waals surface area (Å²) in [5, 5.41) is 7.12. The van der Waals surface area contributed by atoms with Crippen LogP contribution in [-0.2, 0) is 6.61 Å². The fourth-order valence-corrected chi connectivity index (χ4v) is 2.23. The summed E-state index contributed by atoms with van der Waals surface area (Å²) in [6.45, 7) is 4.95. The maximum absolute atomic E-state index is 5.68. The Morgan fingerprint density at radius 1 is 1.43 bits per heavy atom. The molecule has 6 heteroatoms. The SMILES string of the molecule is CNC1COc2cc(OCc3nc(C(C)C)no3)ccc21. The molecule has 2 heterocycles. The number of ether oxygens (including phenoxy) is 2. The van der Waals surface area contributed by atoms with Gasteiger partial charge in [0.2, 0.25) is 0 Å². The Kier molecular flexibility index (Phi) is 3.79. The van der Waals surface area contributed by atoms with Gasteiger partial charge >= 0.3 is 0 Å². The minimum Gasteiger partial charge on any atom is -0.491 e. The lowest BCUT2D eigenvalue weighted by Gasteiger charge is -2.07. The zero-order valence-corrected chi connectivity index (χ0v) is 12.4. The zero-order chi connectivity index (χ0) is 14.8. The van der Waals surface area contributed by atoms with E-state index in [4.69, 9.17) is 14.0 Å². The molecule has 0 bridgehead atoms. The van der Waals surface area contributed by atoms with E-state index in [9.17, 15) is 0 Å². The first kappa shape index (κ1) is 13.9. The van der Waals surface area contributed by atoms with Gasteiger partial charge in [-0.25, -0.2) is 0 Å². The van der Waals surface area contributed by atoms with E-state index in [0.29, 0.717) is 18.3 Å². The minimum absolute atomic E-state index is 0.245. The van der Waals surface area contributed by atoms with Crippen LogP contribution in [0.4, 0.5) is 0 Å². The largest absolute Gasteiger partial charge is 0.491 e. The van der Waals surface area contributed by atoms with Crippen LogP contribution in [0.5, 0.6) is 11.5 Å². The quantitative estimate of drug-likeness (QED) is 0.911. The number of hydrogen-bond donors (Lipinski definition) is 1. The third kappa shape index (κ3) is 2.85. The Bertz CT molecular complexity index is 624. The highest BCUT2D eigenvalue weighted by Gasteiger charge is 2.23. The van der Waals surface area contributed by atoms with Crippen molar-refractivity contribution in [2.45, 2.75) is 32.4 Å². The molecule has 21 heavy (non-hydrogen) atoms. The molecule has 6 nitrogen and oxygen atoms in total. The molecule has 1 unspecified atom stereocenters. The monoisotopic (exact) mass is 289 g/mol. The molecule has 0 saturated heterocycles. The molecular formula is C15H19N3O3. The van der Waals surface area contributed by atoms with E-state index in [1.807, 2.05) is 39.1 Å². The van der Waals surface area contributed by atoms with Crippen LogP contribution in [0, 0.1) is 0 Å². The second-order valence-corrected chi connectivity index (χ2v) is 5.34. The molecule has 1 aliphatic heterocycles. The van der Waals surface area contributed by atoms with Crippen LogP contribution in [0.2, 0.25) is 0 Å². The number of nitrogens with one attached hydrogen (secondary N) is 1. The summed E-state index contributed by atoms with van der Waals surface area (Å²) >= 11 is 0. The third-order valence-corrected chi connectivity index (χ3v) is 3.48. The van der Waals surface area contributed by atoms with Gasteiger partial charge in [0.05, 0.1) is 6.04 Å². The Hall–Kier alpha value is -2.08. The van der Waals surface area contributed by atoms with E-state index in [1.165, 1.54) is 0 Å². The van der Waals surface area contributed by atoms with Crippen molar-refractivity contribution in [3.8, 4) is 11.5 Å². The highest BCUT2D eigenvalue weighted by Crippen LogP contribution is 2.35. The van der Waals surface area contributed by atoms with Crippen LogP contribution in [0.25, 0.3) is 0 Å². The van der Waals surface area contributed by atoms with Crippen molar-refractivity contribution < 1.29 is 14.0 Å². The molecule has 0 amide bonds. The first-order valence-electron chi connectivity index (χ1n) is 7.06. The van der Waals surface area contributed by atoms with Crippen molar-refractivity contribution >= 4 is 0 Å². The lowest BCUT2D eigenvalue weighted by atomic mass is 10.1. The van der Waals surface area contributed by atoms with Crippen molar-refractivity contribution in [1.82, 2.24) is 15.5 Å². The summed E-state index contributed by atoms with van der Waals surface area (Å²) in [7, 11) is 1.93. The van der Waals surface area contributed by atoms with Gasteiger partial charge < -0.3 is 19.3 Å². The second kappa shape index (κ2) is 5.73. The van der Waals surface area contributed by atoms with E-state index >= 15 is 0 Å². The topological polar surface area (TPSA) is 69.4 Å². The first-order valence-corrected chi connectivity index (χ1v) is 7.06. The lowest BCUT2D eigenvalue weighted by molar-refractivity contribution is 0.241. The lowest BCUT2D eigenvalue weighted by Crippen LogP contribution is -2.17. The normalized spacial score (nSPS) is 16.9. The van der Waals surface area contributed by atoms with Gasteiger partial charge in [-0.15, -0.1) is 0 Å². The Morgan fingerprint density at radius 2 is 2.29 bits per heavy atom. The molecule has 0 spiro atoms. The van der Waals surface area contributed by atoms with E-state index in [1.54, 1.807) is 0 Å². The van der Waals surface area contributed by atoms with Gasteiger partial charge in [0.15, 0.2) is 12.4 Å². The molecule has 1 atom stereocenters. The number of hydrogen-bond acceptors (Lipinski definition) is 6. The highest BCUT2D eigenvalue weighted by atomic mass is 16.5. The van der Waals surface area contributed by atoms with Crippen LogP contribution in [0.15, 0.2) is 22.7 Å². The van der Waals surface area contributed by atoms with Crippen molar-refractivity contribution in [2.24, 2.45) is 0 Å². The van der Waals surface area contributed by atoms with E-state index < -0.39 is 0 Å². The van der Waals surface area contributed by atoms with E-state index in [2.05, 4.69) is 15.5 Å². The van der Waals surface area contributed by atoms with Crippen LogP contribution in [0.1, 0.15) is 43.1 Å². The molecule has 2 aromatic rings. The summed E-state index contributed by atoms with van der Waals surface area (Å²) in [5.74, 6) is 3.01. The Balaban J connectivity index is 1.66. The standard InChI is InChI=1S/C15H19N3O3/c1-9(2)15-17-14(21-18-15)8-19-10-4-5-11-12(16-3)7-20-13(11)6-10/h4-6,9,12,16H,7-8H2,1-3H3. The van der Waals surface area contributed by atoms with Crippen LogP contribution in [0.3, 0.4) is 0 Å². The molecule has 1 aliphatic rings. The summed E-state index contributed by atoms with van der Waals surface area (Å²) in [5.41, 5.74) is 1.16. The van der Waals surface area contributed by atoms with Crippen molar-refractivity contribution in [2.75, 3.05) is 13.7 Å². The third-order valence-electron chi connectivity index (χ3n) is 3.48. The second-order valence-electron chi connectivity index (χ2n) is 5.34. The zero-order valence-electron chi connectivity index (χ0n) is 12.4. The molecule has 0 aliphatic carbocycles. The average Bonchev–Trinajstić information content (AvgIpc) is 3.11. The molecule has 1 aromatic heterocycles. The highest BCUT2D eigenvalue weighted by molar-refractivity contribution is 5.44. The maximum Gasteiger partial charge on any atom is 0.264 e. The molecule has 0 radical (unpaired) electrons.